The average molecular weight is 212 g/mol. The van der Waals surface area contributed by atoms with Crippen molar-refractivity contribution in [2.24, 2.45) is 5.92 Å². The SMILES string of the molecule is CCC(Nc1cn[nH]c1[N+](=O)[O-])C(C)C. The number of nitrogens with zero attached hydrogens (tertiary/aromatic N) is 2. The van der Waals surface area contributed by atoms with E-state index in [1.165, 1.54) is 6.20 Å². The Morgan fingerprint density at radius 3 is 2.80 bits per heavy atom. The second-order valence-electron chi connectivity index (χ2n) is 3.79. The van der Waals surface area contributed by atoms with Crippen LogP contribution in [0.4, 0.5) is 11.5 Å². The first-order valence-electron chi connectivity index (χ1n) is 5.00. The maximum atomic E-state index is 10.6. The molecule has 0 saturated carbocycles. The summed E-state index contributed by atoms with van der Waals surface area (Å²) in [5.74, 6) is 0.346. The largest absolute Gasteiger partial charge is 0.374 e. The van der Waals surface area contributed by atoms with Crippen LogP contribution in [-0.2, 0) is 0 Å². The lowest BCUT2D eigenvalue weighted by Gasteiger charge is -2.20. The molecular formula is C9H16N4O2. The molecule has 1 aromatic rings. The Balaban J connectivity index is 2.79. The first kappa shape index (κ1) is 11.5. The molecule has 84 valence electrons. The van der Waals surface area contributed by atoms with Crippen molar-refractivity contribution in [3.8, 4) is 0 Å². The summed E-state index contributed by atoms with van der Waals surface area (Å²) in [4.78, 5) is 10.1. The first-order chi connectivity index (χ1) is 7.06. The summed E-state index contributed by atoms with van der Waals surface area (Å²) < 4.78 is 0. The molecule has 1 aromatic heterocycles. The van der Waals surface area contributed by atoms with Crippen LogP contribution in [0.3, 0.4) is 0 Å². The highest BCUT2D eigenvalue weighted by molar-refractivity contribution is 5.56. The fraction of sp³-hybridized carbons (Fsp3) is 0.667. The standard InChI is InChI=1S/C9H16N4O2/c1-4-7(6(2)3)11-8-5-10-12-9(8)13(14)15/h5-7,11H,4H2,1-3H3,(H,10,12). The van der Waals surface area contributed by atoms with Gasteiger partial charge in [0.2, 0.25) is 0 Å². The molecule has 0 saturated heterocycles. The predicted molar refractivity (Wildman–Crippen MR) is 57.8 cm³/mol. The smallest absolute Gasteiger partial charge is 0.366 e. The van der Waals surface area contributed by atoms with Crippen molar-refractivity contribution in [1.82, 2.24) is 10.2 Å². The zero-order valence-corrected chi connectivity index (χ0v) is 9.15. The third-order valence-corrected chi connectivity index (χ3v) is 2.39. The zero-order chi connectivity index (χ0) is 11.4. The molecule has 0 aliphatic rings. The molecule has 2 N–H and O–H groups in total. The molecule has 0 radical (unpaired) electrons. The number of H-pyrrole nitrogens is 1. The van der Waals surface area contributed by atoms with Gasteiger partial charge in [-0.15, -0.1) is 5.10 Å². The van der Waals surface area contributed by atoms with Gasteiger partial charge in [0.1, 0.15) is 6.20 Å². The van der Waals surface area contributed by atoms with Crippen molar-refractivity contribution >= 4 is 11.5 Å². The van der Waals surface area contributed by atoms with E-state index in [1.807, 2.05) is 6.92 Å². The third-order valence-electron chi connectivity index (χ3n) is 2.39. The summed E-state index contributed by atoms with van der Waals surface area (Å²) in [6, 6.07) is 0.223. The van der Waals surface area contributed by atoms with Gasteiger partial charge in [0.25, 0.3) is 0 Å². The summed E-state index contributed by atoms with van der Waals surface area (Å²) in [6.45, 7) is 6.20. The van der Waals surface area contributed by atoms with E-state index in [0.717, 1.165) is 6.42 Å². The molecule has 1 heterocycles. The Labute approximate surface area is 88.2 Å². The van der Waals surface area contributed by atoms with E-state index >= 15 is 0 Å². The lowest BCUT2D eigenvalue weighted by molar-refractivity contribution is -0.388. The molecule has 15 heavy (non-hydrogen) atoms. The number of rotatable bonds is 5. The molecule has 0 fully saturated rings. The van der Waals surface area contributed by atoms with Crippen LogP contribution in [-0.4, -0.2) is 21.2 Å². The Morgan fingerprint density at radius 2 is 2.33 bits per heavy atom. The summed E-state index contributed by atoms with van der Waals surface area (Å²) in [6.07, 6.45) is 2.36. The van der Waals surface area contributed by atoms with Gasteiger partial charge in [0, 0.05) is 6.04 Å². The highest BCUT2D eigenvalue weighted by Gasteiger charge is 2.19. The topological polar surface area (TPSA) is 83.8 Å². The number of aromatic nitrogens is 2. The predicted octanol–water partition coefficient (Wildman–Crippen LogP) is 2.16. The minimum atomic E-state index is -0.470. The fourth-order valence-electron chi connectivity index (χ4n) is 1.46. The zero-order valence-electron chi connectivity index (χ0n) is 9.15. The van der Waals surface area contributed by atoms with Gasteiger partial charge in [0.15, 0.2) is 5.69 Å². The molecule has 1 rings (SSSR count). The van der Waals surface area contributed by atoms with Gasteiger partial charge < -0.3 is 15.4 Å². The lowest BCUT2D eigenvalue weighted by atomic mass is 10.0. The van der Waals surface area contributed by atoms with Crippen molar-refractivity contribution in [2.45, 2.75) is 33.2 Å². The van der Waals surface area contributed by atoms with Crippen LogP contribution >= 0.6 is 0 Å². The van der Waals surface area contributed by atoms with Crippen LogP contribution in [0.2, 0.25) is 0 Å². The number of anilines is 1. The van der Waals surface area contributed by atoms with Gasteiger partial charge in [-0.1, -0.05) is 25.9 Å². The maximum absolute atomic E-state index is 10.6. The van der Waals surface area contributed by atoms with Gasteiger partial charge in [-0.2, -0.15) is 0 Å². The van der Waals surface area contributed by atoms with Gasteiger partial charge in [-0.25, -0.2) is 0 Å². The maximum Gasteiger partial charge on any atom is 0.366 e. The van der Waals surface area contributed by atoms with Crippen LogP contribution in [0.5, 0.6) is 0 Å². The van der Waals surface area contributed by atoms with E-state index in [2.05, 4.69) is 29.4 Å². The molecular weight excluding hydrogens is 196 g/mol. The van der Waals surface area contributed by atoms with E-state index < -0.39 is 4.92 Å². The molecule has 0 spiro atoms. The Morgan fingerprint density at radius 1 is 1.67 bits per heavy atom. The van der Waals surface area contributed by atoms with Gasteiger partial charge in [-0.05, 0) is 17.3 Å². The van der Waals surface area contributed by atoms with E-state index in [0.29, 0.717) is 11.6 Å². The number of aromatic amines is 1. The third kappa shape index (κ3) is 2.68. The van der Waals surface area contributed by atoms with Crippen LogP contribution < -0.4 is 5.32 Å². The molecule has 6 nitrogen and oxygen atoms in total. The van der Waals surface area contributed by atoms with Gasteiger partial charge in [0.05, 0.1) is 0 Å². The van der Waals surface area contributed by atoms with Gasteiger partial charge >= 0.3 is 5.82 Å². The molecule has 0 aliphatic heterocycles. The molecule has 1 atom stereocenters. The van der Waals surface area contributed by atoms with Crippen LogP contribution in [0, 0.1) is 16.0 Å². The van der Waals surface area contributed by atoms with Crippen LogP contribution in [0.15, 0.2) is 6.20 Å². The van der Waals surface area contributed by atoms with Crippen LogP contribution in [0.1, 0.15) is 27.2 Å². The average Bonchev–Trinajstić information content (AvgIpc) is 2.61. The van der Waals surface area contributed by atoms with E-state index in [9.17, 15) is 10.1 Å². The molecule has 6 heteroatoms. The second kappa shape index (κ2) is 4.77. The summed E-state index contributed by atoms with van der Waals surface area (Å²) in [5.41, 5.74) is 0.459. The van der Waals surface area contributed by atoms with Crippen molar-refractivity contribution in [2.75, 3.05) is 5.32 Å². The quantitative estimate of drug-likeness (QED) is 0.578. The Bertz CT molecular complexity index is 335. The highest BCUT2D eigenvalue weighted by atomic mass is 16.6. The second-order valence-corrected chi connectivity index (χ2v) is 3.79. The normalized spacial score (nSPS) is 12.8. The minimum Gasteiger partial charge on any atom is -0.374 e. The Hall–Kier alpha value is -1.59. The monoisotopic (exact) mass is 212 g/mol. The van der Waals surface area contributed by atoms with Crippen LogP contribution in [0.25, 0.3) is 0 Å². The summed E-state index contributed by atoms with van der Waals surface area (Å²) in [5, 5.41) is 19.8. The summed E-state index contributed by atoms with van der Waals surface area (Å²) >= 11 is 0. The number of hydrogen-bond acceptors (Lipinski definition) is 4. The number of nitrogens with one attached hydrogen (secondary N) is 2. The fourth-order valence-corrected chi connectivity index (χ4v) is 1.46. The van der Waals surface area contributed by atoms with Gasteiger partial charge in [-0.3, -0.25) is 0 Å². The van der Waals surface area contributed by atoms with E-state index in [-0.39, 0.29) is 11.9 Å². The first-order valence-corrected chi connectivity index (χ1v) is 5.00. The molecule has 0 amide bonds. The van der Waals surface area contributed by atoms with E-state index in [4.69, 9.17) is 0 Å². The van der Waals surface area contributed by atoms with Crippen molar-refractivity contribution in [3.05, 3.63) is 16.3 Å². The Kier molecular flexibility index (Phi) is 3.65. The summed E-state index contributed by atoms with van der Waals surface area (Å²) in [7, 11) is 0. The van der Waals surface area contributed by atoms with E-state index in [1.54, 1.807) is 0 Å². The molecule has 0 aromatic carbocycles. The lowest BCUT2D eigenvalue weighted by Crippen LogP contribution is -2.24. The molecule has 1 unspecified atom stereocenters. The molecule has 0 bridgehead atoms. The van der Waals surface area contributed by atoms with Crippen molar-refractivity contribution in [3.63, 3.8) is 0 Å². The number of hydrogen-bond donors (Lipinski definition) is 2. The number of nitro groups is 1. The van der Waals surface area contributed by atoms with Crippen molar-refractivity contribution < 1.29 is 4.92 Å². The molecule has 0 aliphatic carbocycles. The van der Waals surface area contributed by atoms with Crippen molar-refractivity contribution in [1.29, 1.82) is 0 Å². The minimum absolute atomic E-state index is 0.0749. The highest BCUT2D eigenvalue weighted by Crippen LogP contribution is 2.23.